The number of rotatable bonds is 6. The Bertz CT molecular complexity index is 877. The normalized spacial score (nSPS) is 14.0. The molecule has 0 atom stereocenters. The molecule has 146 valence electrons. The van der Waals surface area contributed by atoms with Gasteiger partial charge in [-0.25, -0.2) is 0 Å². The topological polar surface area (TPSA) is 83.8 Å². The molecule has 0 saturated carbocycles. The lowest BCUT2D eigenvalue weighted by molar-refractivity contribution is -0.384. The van der Waals surface area contributed by atoms with Crippen molar-refractivity contribution in [1.82, 2.24) is 4.90 Å². The second-order valence-corrected chi connectivity index (χ2v) is 7.46. The number of benzene rings is 2. The third kappa shape index (κ3) is 4.75. The van der Waals surface area contributed by atoms with Crippen molar-refractivity contribution >= 4 is 39.0 Å². The van der Waals surface area contributed by atoms with E-state index in [1.165, 1.54) is 6.07 Å². The van der Waals surface area contributed by atoms with Crippen molar-refractivity contribution in [2.24, 2.45) is 0 Å². The van der Waals surface area contributed by atoms with Crippen LogP contribution in [-0.2, 0) is 4.79 Å². The molecule has 0 spiro atoms. The van der Waals surface area contributed by atoms with Crippen molar-refractivity contribution in [1.29, 1.82) is 0 Å². The summed E-state index contributed by atoms with van der Waals surface area (Å²) < 4.78 is 0.900. The number of hydrogen-bond donors (Lipinski definition) is 0. The fourth-order valence-corrected chi connectivity index (χ4v) is 3.51. The van der Waals surface area contributed by atoms with Gasteiger partial charge in [-0.3, -0.25) is 19.7 Å². The number of halogens is 1. The number of nitro groups is 1. The second-order valence-electron chi connectivity index (χ2n) is 6.54. The van der Waals surface area contributed by atoms with E-state index < -0.39 is 0 Å². The number of nitro benzene ring substituents is 1. The molecule has 1 fully saturated rings. The summed E-state index contributed by atoms with van der Waals surface area (Å²) >= 11 is 3.33. The monoisotopic (exact) mass is 445 g/mol. The Balaban J connectivity index is 1.52. The van der Waals surface area contributed by atoms with E-state index in [0.29, 0.717) is 37.4 Å². The Morgan fingerprint density at radius 2 is 1.61 bits per heavy atom. The number of hydrogen-bond acceptors (Lipinski definition) is 5. The highest BCUT2D eigenvalue weighted by molar-refractivity contribution is 9.10. The molecule has 0 aliphatic carbocycles. The molecule has 0 radical (unpaired) electrons. The van der Waals surface area contributed by atoms with Gasteiger partial charge in [0.25, 0.3) is 5.69 Å². The van der Waals surface area contributed by atoms with E-state index in [1.807, 2.05) is 4.90 Å². The van der Waals surface area contributed by atoms with Crippen molar-refractivity contribution in [3.63, 3.8) is 0 Å². The molecule has 3 rings (SSSR count). The van der Waals surface area contributed by atoms with E-state index in [9.17, 15) is 19.7 Å². The van der Waals surface area contributed by atoms with Crippen LogP contribution in [0, 0.1) is 10.1 Å². The number of para-hydroxylation sites is 2. The lowest BCUT2D eigenvalue weighted by atomic mass is 10.1. The van der Waals surface area contributed by atoms with Crippen LogP contribution in [0.15, 0.2) is 53.0 Å². The van der Waals surface area contributed by atoms with Crippen molar-refractivity contribution in [3.8, 4) is 0 Å². The molecule has 1 aliphatic heterocycles. The molecule has 7 nitrogen and oxygen atoms in total. The van der Waals surface area contributed by atoms with E-state index in [2.05, 4.69) is 15.9 Å². The first-order valence-corrected chi connectivity index (χ1v) is 9.80. The maximum Gasteiger partial charge on any atom is 0.292 e. The largest absolute Gasteiger partial charge is 0.362 e. The molecule has 0 unspecified atom stereocenters. The summed E-state index contributed by atoms with van der Waals surface area (Å²) in [5, 5.41) is 11.2. The van der Waals surface area contributed by atoms with Crippen molar-refractivity contribution in [2.45, 2.75) is 12.8 Å². The van der Waals surface area contributed by atoms with Crippen molar-refractivity contribution in [2.75, 3.05) is 31.1 Å². The van der Waals surface area contributed by atoms with E-state index in [4.69, 9.17) is 0 Å². The summed E-state index contributed by atoms with van der Waals surface area (Å²) in [5.74, 6) is -0.118. The van der Waals surface area contributed by atoms with Crippen LogP contribution in [0.3, 0.4) is 0 Å². The third-order valence-corrected chi connectivity index (χ3v) is 5.31. The summed E-state index contributed by atoms with van der Waals surface area (Å²) in [6, 6.07) is 13.7. The van der Waals surface area contributed by atoms with Crippen LogP contribution >= 0.6 is 15.9 Å². The molecule has 1 aliphatic rings. The minimum absolute atomic E-state index is 0.0561. The molecule has 2 aromatic rings. The first-order valence-electron chi connectivity index (χ1n) is 9.00. The molecular weight excluding hydrogens is 426 g/mol. The summed E-state index contributed by atoms with van der Waals surface area (Å²) in [6.07, 6.45) is 0.339. The standard InChI is InChI=1S/C20H20BrN3O4/c21-16-7-5-15(6-8-16)19(25)9-10-20(26)23-13-11-22(12-14-23)17-3-1-2-4-18(17)24(27)28/h1-8H,9-14H2. The maximum absolute atomic E-state index is 12.4. The van der Waals surface area contributed by atoms with Crippen molar-refractivity contribution in [3.05, 3.63) is 68.7 Å². The van der Waals surface area contributed by atoms with Crippen LogP contribution in [0.1, 0.15) is 23.2 Å². The van der Waals surface area contributed by atoms with E-state index >= 15 is 0 Å². The van der Waals surface area contributed by atoms with Crippen LogP contribution in [-0.4, -0.2) is 47.7 Å². The highest BCUT2D eigenvalue weighted by Gasteiger charge is 2.25. The molecule has 0 N–H and O–H groups in total. The number of carbonyl (C=O) groups is 2. The molecule has 1 heterocycles. The Kier molecular flexibility index (Phi) is 6.41. The van der Waals surface area contributed by atoms with Gasteiger partial charge >= 0.3 is 0 Å². The number of carbonyl (C=O) groups excluding carboxylic acids is 2. The molecular formula is C20H20BrN3O4. The predicted molar refractivity (Wildman–Crippen MR) is 110 cm³/mol. The van der Waals surface area contributed by atoms with E-state index in [-0.39, 0.29) is 35.1 Å². The lowest BCUT2D eigenvalue weighted by Gasteiger charge is -2.35. The summed E-state index contributed by atoms with van der Waals surface area (Å²) in [4.78, 5) is 39.1. The average molecular weight is 446 g/mol. The quantitative estimate of drug-likeness (QED) is 0.384. The molecule has 1 amide bonds. The van der Waals surface area contributed by atoms with Gasteiger partial charge in [0.1, 0.15) is 5.69 Å². The van der Waals surface area contributed by atoms with Gasteiger partial charge in [0.15, 0.2) is 5.78 Å². The number of anilines is 1. The number of piperazine rings is 1. The van der Waals surface area contributed by atoms with Gasteiger partial charge in [0.05, 0.1) is 4.92 Å². The fraction of sp³-hybridized carbons (Fsp3) is 0.300. The Morgan fingerprint density at radius 1 is 0.964 bits per heavy atom. The van der Waals surface area contributed by atoms with Gasteiger partial charge in [-0.2, -0.15) is 0 Å². The molecule has 2 aromatic carbocycles. The highest BCUT2D eigenvalue weighted by atomic mass is 79.9. The molecule has 0 bridgehead atoms. The minimum atomic E-state index is -0.388. The fourth-order valence-electron chi connectivity index (χ4n) is 3.24. The van der Waals surface area contributed by atoms with Gasteiger partial charge in [-0.15, -0.1) is 0 Å². The first-order chi connectivity index (χ1) is 13.5. The predicted octanol–water partition coefficient (Wildman–Crippen LogP) is 3.67. The van der Waals surface area contributed by atoms with Crippen LogP contribution < -0.4 is 4.90 Å². The second kappa shape index (κ2) is 8.97. The van der Waals surface area contributed by atoms with Crippen LogP contribution in [0.2, 0.25) is 0 Å². The van der Waals surface area contributed by atoms with Gasteiger partial charge < -0.3 is 9.80 Å². The van der Waals surface area contributed by atoms with Gasteiger partial charge in [0.2, 0.25) is 5.91 Å². The van der Waals surface area contributed by atoms with Gasteiger partial charge in [0, 0.05) is 55.1 Å². The SMILES string of the molecule is O=C(CCC(=O)N1CCN(c2ccccc2[N+](=O)[O-])CC1)c1ccc(Br)cc1. The van der Waals surface area contributed by atoms with Gasteiger partial charge in [-0.05, 0) is 18.2 Å². The maximum atomic E-state index is 12.4. The molecule has 8 heteroatoms. The zero-order valence-corrected chi connectivity index (χ0v) is 16.8. The molecule has 1 saturated heterocycles. The smallest absolute Gasteiger partial charge is 0.292 e. The third-order valence-electron chi connectivity index (χ3n) is 4.78. The Morgan fingerprint density at radius 3 is 2.25 bits per heavy atom. The van der Waals surface area contributed by atoms with E-state index in [1.54, 1.807) is 47.4 Å². The molecule has 0 aromatic heterocycles. The van der Waals surface area contributed by atoms with Crippen LogP contribution in [0.4, 0.5) is 11.4 Å². The minimum Gasteiger partial charge on any atom is -0.362 e. The molecule has 28 heavy (non-hydrogen) atoms. The van der Waals surface area contributed by atoms with Crippen molar-refractivity contribution < 1.29 is 14.5 Å². The average Bonchev–Trinajstić information content (AvgIpc) is 2.72. The van der Waals surface area contributed by atoms with Crippen LogP contribution in [0.25, 0.3) is 0 Å². The number of ketones is 1. The zero-order chi connectivity index (χ0) is 20.1. The lowest BCUT2D eigenvalue weighted by Crippen LogP contribution is -2.49. The Labute approximate surface area is 171 Å². The zero-order valence-electron chi connectivity index (χ0n) is 15.2. The number of nitrogens with zero attached hydrogens (tertiary/aromatic N) is 3. The summed E-state index contributed by atoms with van der Waals surface area (Å²) in [7, 11) is 0. The first kappa shape index (κ1) is 20.0. The van der Waals surface area contributed by atoms with E-state index in [0.717, 1.165) is 4.47 Å². The number of Topliss-reactive ketones (excluding diaryl/α,β-unsaturated/α-hetero) is 1. The summed E-state index contributed by atoms with van der Waals surface area (Å²) in [5.41, 5.74) is 1.24. The van der Waals surface area contributed by atoms with Crippen LogP contribution in [0.5, 0.6) is 0 Å². The summed E-state index contributed by atoms with van der Waals surface area (Å²) in [6.45, 7) is 2.02. The Hall–Kier alpha value is -2.74. The number of amides is 1. The van der Waals surface area contributed by atoms with Gasteiger partial charge in [-0.1, -0.05) is 40.2 Å². The highest BCUT2D eigenvalue weighted by Crippen LogP contribution is 2.28.